The highest BCUT2D eigenvalue weighted by atomic mass is 16.4. The Balaban J connectivity index is 3.32. The van der Waals surface area contributed by atoms with Crippen molar-refractivity contribution in [2.75, 3.05) is 6.54 Å². The summed E-state index contributed by atoms with van der Waals surface area (Å²) < 4.78 is 0. The lowest BCUT2D eigenvalue weighted by molar-refractivity contribution is -0.137. The minimum Gasteiger partial charge on any atom is -0.481 e. The SMILES string of the molecule is CCCC(N)CC(=O)NCCCCCCC(=O)O. The van der Waals surface area contributed by atoms with Gasteiger partial charge in [0.1, 0.15) is 0 Å². The minimum absolute atomic E-state index is 0.0153. The zero-order valence-electron chi connectivity index (χ0n) is 11.3. The number of nitrogens with two attached hydrogens (primary N) is 1. The van der Waals surface area contributed by atoms with Gasteiger partial charge >= 0.3 is 5.97 Å². The molecule has 0 saturated heterocycles. The Morgan fingerprint density at radius 3 is 2.50 bits per heavy atom. The highest BCUT2D eigenvalue weighted by molar-refractivity contribution is 5.76. The molecular formula is C13H26N2O3. The van der Waals surface area contributed by atoms with E-state index in [4.69, 9.17) is 10.8 Å². The number of rotatable bonds is 11. The Kier molecular flexibility index (Phi) is 10.3. The van der Waals surface area contributed by atoms with Gasteiger partial charge in [0.05, 0.1) is 0 Å². The van der Waals surface area contributed by atoms with Crippen LogP contribution in [-0.2, 0) is 9.59 Å². The second-order valence-electron chi connectivity index (χ2n) is 4.66. The molecule has 0 radical (unpaired) electrons. The lowest BCUT2D eigenvalue weighted by Crippen LogP contribution is -2.32. The average molecular weight is 258 g/mol. The quantitative estimate of drug-likeness (QED) is 0.491. The zero-order chi connectivity index (χ0) is 13.8. The molecule has 5 heteroatoms. The molecule has 0 spiro atoms. The third-order valence-corrected chi connectivity index (χ3v) is 2.75. The van der Waals surface area contributed by atoms with Crippen molar-refractivity contribution in [2.24, 2.45) is 5.73 Å². The van der Waals surface area contributed by atoms with E-state index in [1.807, 2.05) is 0 Å². The molecule has 0 fully saturated rings. The van der Waals surface area contributed by atoms with E-state index in [0.29, 0.717) is 19.4 Å². The van der Waals surface area contributed by atoms with Crippen LogP contribution in [0, 0.1) is 0 Å². The fraction of sp³-hybridized carbons (Fsp3) is 0.846. The monoisotopic (exact) mass is 258 g/mol. The van der Waals surface area contributed by atoms with E-state index in [2.05, 4.69) is 12.2 Å². The fourth-order valence-electron chi connectivity index (χ4n) is 1.77. The first-order valence-electron chi connectivity index (χ1n) is 6.80. The van der Waals surface area contributed by atoms with Crippen LogP contribution < -0.4 is 11.1 Å². The predicted octanol–water partition coefficient (Wildman–Crippen LogP) is 1.66. The molecule has 0 aliphatic heterocycles. The van der Waals surface area contributed by atoms with E-state index in [1.54, 1.807) is 0 Å². The summed E-state index contributed by atoms with van der Waals surface area (Å²) in [5, 5.41) is 11.3. The summed E-state index contributed by atoms with van der Waals surface area (Å²) in [5.41, 5.74) is 5.77. The highest BCUT2D eigenvalue weighted by Crippen LogP contribution is 2.02. The Bertz CT molecular complexity index is 244. The van der Waals surface area contributed by atoms with Gasteiger partial charge in [-0.1, -0.05) is 26.2 Å². The van der Waals surface area contributed by atoms with Crippen LogP contribution in [0.1, 0.15) is 58.3 Å². The van der Waals surface area contributed by atoms with Crippen LogP contribution in [0.25, 0.3) is 0 Å². The van der Waals surface area contributed by atoms with Gasteiger partial charge in [0.25, 0.3) is 0 Å². The lowest BCUT2D eigenvalue weighted by Gasteiger charge is -2.10. The molecule has 1 unspecified atom stereocenters. The van der Waals surface area contributed by atoms with Gasteiger partial charge in [-0.3, -0.25) is 9.59 Å². The molecule has 0 aliphatic carbocycles. The van der Waals surface area contributed by atoms with Crippen molar-refractivity contribution in [3.05, 3.63) is 0 Å². The highest BCUT2D eigenvalue weighted by Gasteiger charge is 2.07. The first-order valence-corrected chi connectivity index (χ1v) is 6.80. The first kappa shape index (κ1) is 16.9. The molecule has 1 amide bonds. The number of carboxylic acid groups (broad SMARTS) is 1. The van der Waals surface area contributed by atoms with Crippen molar-refractivity contribution in [3.63, 3.8) is 0 Å². The maximum absolute atomic E-state index is 11.4. The van der Waals surface area contributed by atoms with Gasteiger partial charge in [0.2, 0.25) is 5.91 Å². The Hall–Kier alpha value is -1.10. The van der Waals surface area contributed by atoms with Crippen LogP contribution in [0.3, 0.4) is 0 Å². The van der Waals surface area contributed by atoms with Gasteiger partial charge in [-0.15, -0.1) is 0 Å². The number of aliphatic carboxylic acids is 1. The number of carboxylic acids is 1. The molecule has 1 atom stereocenters. The van der Waals surface area contributed by atoms with Crippen LogP contribution in [0.4, 0.5) is 0 Å². The molecule has 0 aromatic heterocycles. The summed E-state index contributed by atoms with van der Waals surface area (Å²) in [6.07, 6.45) is 5.97. The Morgan fingerprint density at radius 2 is 1.89 bits per heavy atom. The molecule has 0 aromatic carbocycles. The minimum atomic E-state index is -0.742. The molecule has 18 heavy (non-hydrogen) atoms. The van der Waals surface area contributed by atoms with E-state index < -0.39 is 5.97 Å². The van der Waals surface area contributed by atoms with Crippen LogP contribution in [0.5, 0.6) is 0 Å². The smallest absolute Gasteiger partial charge is 0.303 e. The third kappa shape index (κ3) is 11.4. The summed E-state index contributed by atoms with van der Waals surface area (Å²) in [6.45, 7) is 2.71. The van der Waals surface area contributed by atoms with Gasteiger partial charge < -0.3 is 16.2 Å². The Morgan fingerprint density at radius 1 is 1.22 bits per heavy atom. The molecule has 0 rings (SSSR count). The fourth-order valence-corrected chi connectivity index (χ4v) is 1.77. The number of carbonyl (C=O) groups excluding carboxylic acids is 1. The summed E-state index contributed by atoms with van der Waals surface area (Å²) in [4.78, 5) is 21.7. The number of hydrogen-bond donors (Lipinski definition) is 3. The topological polar surface area (TPSA) is 92.4 Å². The van der Waals surface area contributed by atoms with Crippen LogP contribution in [0.2, 0.25) is 0 Å². The zero-order valence-corrected chi connectivity index (χ0v) is 11.3. The molecule has 0 bridgehead atoms. The molecule has 0 aliphatic rings. The normalized spacial score (nSPS) is 12.1. The molecule has 0 aromatic rings. The molecule has 4 N–H and O–H groups in total. The molecule has 106 valence electrons. The van der Waals surface area contributed by atoms with Crippen molar-refractivity contribution in [2.45, 2.75) is 64.3 Å². The summed E-state index contributed by atoms with van der Waals surface area (Å²) in [5.74, 6) is -0.727. The lowest BCUT2D eigenvalue weighted by atomic mass is 10.1. The van der Waals surface area contributed by atoms with Gasteiger partial charge in [-0.05, 0) is 19.3 Å². The average Bonchev–Trinajstić information content (AvgIpc) is 2.27. The second-order valence-corrected chi connectivity index (χ2v) is 4.66. The maximum atomic E-state index is 11.4. The van der Waals surface area contributed by atoms with E-state index in [-0.39, 0.29) is 18.4 Å². The van der Waals surface area contributed by atoms with Crippen LogP contribution in [0.15, 0.2) is 0 Å². The van der Waals surface area contributed by atoms with E-state index >= 15 is 0 Å². The van der Waals surface area contributed by atoms with Crippen molar-refractivity contribution in [1.82, 2.24) is 5.32 Å². The van der Waals surface area contributed by atoms with Crippen molar-refractivity contribution < 1.29 is 14.7 Å². The van der Waals surface area contributed by atoms with Crippen molar-refractivity contribution >= 4 is 11.9 Å². The van der Waals surface area contributed by atoms with Gasteiger partial charge in [0.15, 0.2) is 0 Å². The van der Waals surface area contributed by atoms with E-state index in [1.165, 1.54) is 0 Å². The van der Waals surface area contributed by atoms with Gasteiger partial charge in [-0.25, -0.2) is 0 Å². The third-order valence-electron chi connectivity index (χ3n) is 2.75. The number of hydrogen-bond acceptors (Lipinski definition) is 3. The molecular weight excluding hydrogens is 232 g/mol. The second kappa shape index (κ2) is 11.0. The summed E-state index contributed by atoms with van der Waals surface area (Å²) >= 11 is 0. The largest absolute Gasteiger partial charge is 0.481 e. The van der Waals surface area contributed by atoms with E-state index in [0.717, 1.165) is 32.1 Å². The molecule has 0 saturated carbocycles. The van der Waals surface area contributed by atoms with Crippen molar-refractivity contribution in [3.8, 4) is 0 Å². The standard InChI is InChI=1S/C13H26N2O3/c1-2-7-11(14)10-12(16)15-9-6-4-3-5-8-13(17)18/h11H,2-10,14H2,1H3,(H,15,16)(H,17,18). The van der Waals surface area contributed by atoms with E-state index in [9.17, 15) is 9.59 Å². The summed E-state index contributed by atoms with van der Waals surface area (Å²) in [7, 11) is 0. The first-order chi connectivity index (χ1) is 8.56. The van der Waals surface area contributed by atoms with Crippen LogP contribution >= 0.6 is 0 Å². The summed E-state index contributed by atoms with van der Waals surface area (Å²) in [6, 6.07) is -0.0365. The predicted molar refractivity (Wildman–Crippen MR) is 71.2 cm³/mol. The number of nitrogens with one attached hydrogen (secondary N) is 1. The molecule has 0 heterocycles. The van der Waals surface area contributed by atoms with Crippen LogP contribution in [-0.4, -0.2) is 29.6 Å². The number of amides is 1. The maximum Gasteiger partial charge on any atom is 0.303 e. The number of unbranched alkanes of at least 4 members (excludes halogenated alkanes) is 3. The van der Waals surface area contributed by atoms with Crippen molar-refractivity contribution in [1.29, 1.82) is 0 Å². The van der Waals surface area contributed by atoms with Gasteiger partial charge in [0, 0.05) is 25.4 Å². The Labute approximate surface area is 109 Å². The molecule has 5 nitrogen and oxygen atoms in total. The van der Waals surface area contributed by atoms with Gasteiger partial charge in [-0.2, -0.15) is 0 Å². The number of carbonyl (C=O) groups is 2.